The summed E-state index contributed by atoms with van der Waals surface area (Å²) in [4.78, 5) is 8.61. The van der Waals surface area contributed by atoms with Crippen molar-refractivity contribution in [2.24, 2.45) is 0 Å². The van der Waals surface area contributed by atoms with Crippen LogP contribution >= 0.6 is 0 Å². The zero-order chi connectivity index (χ0) is 22.9. The monoisotopic (exact) mass is 453 g/mol. The average Bonchev–Trinajstić information content (AvgIpc) is 3.48. The zero-order valence-corrected chi connectivity index (χ0v) is 18.8. The van der Waals surface area contributed by atoms with Crippen molar-refractivity contribution >= 4 is 17.2 Å². The maximum atomic E-state index is 14.5. The first-order valence-corrected chi connectivity index (χ1v) is 11.1. The van der Waals surface area contributed by atoms with Gasteiger partial charge in [0, 0.05) is 55.5 Å². The number of aliphatic hydroxyl groups excluding tert-OH is 1. The van der Waals surface area contributed by atoms with E-state index in [9.17, 15) is 9.50 Å². The Morgan fingerprint density at radius 3 is 2.97 bits per heavy atom. The minimum absolute atomic E-state index is 0.253. The molecule has 1 atom stereocenters. The third-order valence-corrected chi connectivity index (χ3v) is 6.23. The van der Waals surface area contributed by atoms with Crippen LogP contribution in [0, 0.1) is 5.82 Å². The maximum absolute atomic E-state index is 14.5. The van der Waals surface area contributed by atoms with Crippen LogP contribution in [0.4, 0.5) is 10.3 Å². The second-order valence-electron chi connectivity index (χ2n) is 8.69. The van der Waals surface area contributed by atoms with Gasteiger partial charge in [0.15, 0.2) is 5.65 Å². The molecule has 2 aliphatic rings. The van der Waals surface area contributed by atoms with E-state index < -0.39 is 6.23 Å². The van der Waals surface area contributed by atoms with E-state index in [1.54, 1.807) is 23.0 Å². The van der Waals surface area contributed by atoms with Crippen LogP contribution in [0.3, 0.4) is 0 Å². The first kappa shape index (κ1) is 21.7. The van der Waals surface area contributed by atoms with Gasteiger partial charge in [-0.05, 0) is 38.2 Å². The van der Waals surface area contributed by atoms with Crippen molar-refractivity contribution in [2.75, 3.05) is 45.7 Å². The van der Waals surface area contributed by atoms with Crippen molar-refractivity contribution in [1.82, 2.24) is 29.4 Å². The number of nitrogens with one attached hydrogen (secondary N) is 1. The molecule has 2 aliphatic heterocycles. The second-order valence-corrected chi connectivity index (χ2v) is 8.69. The lowest BCUT2D eigenvalue weighted by Gasteiger charge is -2.32. The van der Waals surface area contributed by atoms with Crippen LogP contribution < -0.4 is 10.1 Å². The molecule has 0 radical (unpaired) electrons. The number of rotatable bonds is 7. The molecule has 2 aromatic heterocycles. The van der Waals surface area contributed by atoms with Gasteiger partial charge in [0.1, 0.15) is 24.1 Å². The summed E-state index contributed by atoms with van der Waals surface area (Å²) in [5.74, 6) is 1.05. The fourth-order valence-corrected chi connectivity index (χ4v) is 4.49. The SMILES string of the molecule is CN(C)CC(O)N1CC=C(c2cnc(NCc3c(F)ccc4c3CCO4)n3cnnc23)CC1. The Labute approximate surface area is 191 Å². The van der Waals surface area contributed by atoms with E-state index in [4.69, 9.17) is 4.74 Å². The number of aromatic nitrogens is 4. The lowest BCUT2D eigenvalue weighted by atomic mass is 10.0. The quantitative estimate of drug-likeness (QED) is 0.560. The van der Waals surface area contributed by atoms with Crippen molar-refractivity contribution in [3.8, 4) is 5.75 Å². The first-order chi connectivity index (χ1) is 16.0. The summed E-state index contributed by atoms with van der Waals surface area (Å²) in [7, 11) is 3.90. The topological polar surface area (TPSA) is 91.0 Å². The van der Waals surface area contributed by atoms with Crippen LogP contribution in [0.2, 0.25) is 0 Å². The van der Waals surface area contributed by atoms with E-state index in [0.29, 0.717) is 49.8 Å². The van der Waals surface area contributed by atoms with E-state index >= 15 is 0 Å². The summed E-state index contributed by atoms with van der Waals surface area (Å²) in [5.41, 5.74) is 4.25. The van der Waals surface area contributed by atoms with Crippen molar-refractivity contribution < 1.29 is 14.2 Å². The Kier molecular flexibility index (Phi) is 5.96. The van der Waals surface area contributed by atoms with Gasteiger partial charge >= 0.3 is 0 Å². The minimum atomic E-state index is -0.499. The largest absolute Gasteiger partial charge is 0.493 e. The standard InChI is InChI=1S/C23H28FN7O2/c1-29(2)13-21(32)30-8-5-15(6-9-30)17-11-25-23(31-14-27-28-22(17)31)26-12-18-16-7-10-33-20(16)4-3-19(18)24/h3-5,11,14,21,32H,6-10,12-13H2,1-2H3,(H,25,26). The average molecular weight is 454 g/mol. The lowest BCUT2D eigenvalue weighted by Crippen LogP contribution is -2.43. The molecule has 0 bridgehead atoms. The van der Waals surface area contributed by atoms with E-state index in [0.717, 1.165) is 35.4 Å². The molecule has 33 heavy (non-hydrogen) atoms. The predicted octanol–water partition coefficient (Wildman–Crippen LogP) is 1.78. The van der Waals surface area contributed by atoms with Crippen molar-refractivity contribution in [3.05, 3.63) is 53.2 Å². The number of benzene rings is 1. The minimum Gasteiger partial charge on any atom is -0.493 e. The number of halogens is 1. The molecule has 4 heterocycles. The van der Waals surface area contributed by atoms with E-state index in [-0.39, 0.29) is 5.82 Å². The second kappa shape index (κ2) is 9.05. The number of nitrogens with zero attached hydrogens (tertiary/aromatic N) is 6. The van der Waals surface area contributed by atoms with Crippen LogP contribution in [-0.2, 0) is 13.0 Å². The van der Waals surface area contributed by atoms with Gasteiger partial charge in [0.2, 0.25) is 5.95 Å². The van der Waals surface area contributed by atoms with E-state index in [1.807, 2.05) is 23.9 Å². The number of fused-ring (bicyclic) bond motifs is 2. The fraction of sp³-hybridized carbons (Fsp3) is 0.435. The highest BCUT2D eigenvalue weighted by Crippen LogP contribution is 2.31. The third-order valence-electron chi connectivity index (χ3n) is 6.23. The molecule has 1 aromatic carbocycles. The molecule has 0 saturated heterocycles. The van der Waals surface area contributed by atoms with E-state index in [2.05, 4.69) is 26.6 Å². The Hall–Kier alpha value is -3.08. The van der Waals surface area contributed by atoms with Crippen LogP contribution in [0.25, 0.3) is 11.2 Å². The molecular formula is C23H28FN7O2. The molecule has 10 heteroatoms. The molecule has 3 aromatic rings. The molecule has 1 unspecified atom stereocenters. The van der Waals surface area contributed by atoms with Gasteiger partial charge in [0.05, 0.1) is 6.61 Å². The molecule has 0 amide bonds. The van der Waals surface area contributed by atoms with Gasteiger partial charge in [-0.15, -0.1) is 10.2 Å². The molecule has 0 aliphatic carbocycles. The molecule has 0 fully saturated rings. The maximum Gasteiger partial charge on any atom is 0.210 e. The summed E-state index contributed by atoms with van der Waals surface area (Å²) < 4.78 is 21.8. The Morgan fingerprint density at radius 1 is 1.30 bits per heavy atom. The van der Waals surface area contributed by atoms with Crippen LogP contribution in [0.5, 0.6) is 5.75 Å². The lowest BCUT2D eigenvalue weighted by molar-refractivity contribution is -0.00606. The van der Waals surface area contributed by atoms with Crippen molar-refractivity contribution in [3.63, 3.8) is 0 Å². The van der Waals surface area contributed by atoms with Crippen molar-refractivity contribution in [1.29, 1.82) is 0 Å². The Balaban J connectivity index is 1.35. The number of likely N-dealkylation sites (N-methyl/N-ethyl adjacent to an activating group) is 1. The normalized spacial score (nSPS) is 17.2. The number of hydrogen-bond acceptors (Lipinski definition) is 8. The summed E-state index contributed by atoms with van der Waals surface area (Å²) >= 11 is 0. The van der Waals surface area contributed by atoms with Gasteiger partial charge in [0.25, 0.3) is 0 Å². The summed E-state index contributed by atoms with van der Waals surface area (Å²) in [6.07, 6.45) is 6.50. The van der Waals surface area contributed by atoms with Gasteiger partial charge in [-0.1, -0.05) is 6.08 Å². The Bertz CT molecular complexity index is 1190. The smallest absolute Gasteiger partial charge is 0.210 e. The molecule has 0 saturated carbocycles. The van der Waals surface area contributed by atoms with Crippen LogP contribution in [0.15, 0.2) is 30.7 Å². The van der Waals surface area contributed by atoms with Crippen LogP contribution in [-0.4, -0.2) is 81.1 Å². The molecular weight excluding hydrogens is 425 g/mol. The van der Waals surface area contributed by atoms with Crippen LogP contribution in [0.1, 0.15) is 23.1 Å². The van der Waals surface area contributed by atoms with E-state index in [1.165, 1.54) is 6.07 Å². The number of anilines is 1. The number of ether oxygens (including phenoxy) is 1. The fourth-order valence-electron chi connectivity index (χ4n) is 4.49. The highest BCUT2D eigenvalue weighted by molar-refractivity contribution is 5.76. The molecule has 174 valence electrons. The Morgan fingerprint density at radius 2 is 2.18 bits per heavy atom. The van der Waals surface area contributed by atoms with Gasteiger partial charge in [-0.25, -0.2) is 9.37 Å². The van der Waals surface area contributed by atoms with Gasteiger partial charge in [-0.3, -0.25) is 9.30 Å². The number of aliphatic hydroxyl groups is 1. The molecule has 9 nitrogen and oxygen atoms in total. The zero-order valence-electron chi connectivity index (χ0n) is 18.8. The predicted molar refractivity (Wildman–Crippen MR) is 122 cm³/mol. The van der Waals surface area contributed by atoms with Gasteiger partial charge < -0.3 is 20.1 Å². The van der Waals surface area contributed by atoms with Crippen molar-refractivity contribution in [2.45, 2.75) is 25.6 Å². The summed E-state index contributed by atoms with van der Waals surface area (Å²) in [5, 5.41) is 22.0. The summed E-state index contributed by atoms with van der Waals surface area (Å²) in [6, 6.07) is 3.13. The van der Waals surface area contributed by atoms with Gasteiger partial charge in [-0.2, -0.15) is 0 Å². The highest BCUT2D eigenvalue weighted by atomic mass is 19.1. The molecule has 0 spiro atoms. The molecule has 5 rings (SSSR count). The molecule has 2 N–H and O–H groups in total. The third kappa shape index (κ3) is 4.29. The highest BCUT2D eigenvalue weighted by Gasteiger charge is 2.23. The summed E-state index contributed by atoms with van der Waals surface area (Å²) in [6.45, 7) is 2.87. The number of hydrogen-bond donors (Lipinski definition) is 2. The first-order valence-electron chi connectivity index (χ1n) is 11.1.